The summed E-state index contributed by atoms with van der Waals surface area (Å²) in [6, 6.07) is -2.70. The molecule has 0 radical (unpaired) electrons. The van der Waals surface area contributed by atoms with Crippen LogP contribution in [0.15, 0.2) is 0 Å². The topological polar surface area (TPSA) is 146 Å². The summed E-state index contributed by atoms with van der Waals surface area (Å²) in [4.78, 5) is 57.6. The SMILES string of the molecule is CC(=O)OCC(OC(C)=O)[C@@H]1[C@H](OC(C)=O)[C@@H](OC(C)=O)[C@H](C(C)=O)N1O. The average Bonchev–Trinajstić information content (AvgIpc) is 2.74. The van der Waals surface area contributed by atoms with Gasteiger partial charge in [0, 0.05) is 27.7 Å². The highest BCUT2D eigenvalue weighted by Gasteiger charge is 2.58. The second-order valence-electron chi connectivity index (χ2n) is 6.02. The van der Waals surface area contributed by atoms with E-state index in [0.717, 1.165) is 34.6 Å². The van der Waals surface area contributed by atoms with E-state index in [0.29, 0.717) is 5.06 Å². The molecule has 1 rings (SSSR count). The fourth-order valence-corrected chi connectivity index (χ4v) is 2.93. The Balaban J connectivity index is 3.34. The minimum Gasteiger partial charge on any atom is -0.462 e. The average molecular weight is 389 g/mol. The van der Waals surface area contributed by atoms with Crippen LogP contribution >= 0.6 is 0 Å². The first-order valence-electron chi connectivity index (χ1n) is 8.08. The first-order valence-corrected chi connectivity index (χ1v) is 8.08. The lowest BCUT2D eigenvalue weighted by Crippen LogP contribution is -2.50. The monoisotopic (exact) mass is 389 g/mol. The molecule has 5 atom stereocenters. The number of hydrogen-bond donors (Lipinski definition) is 1. The molecule has 0 aromatic carbocycles. The van der Waals surface area contributed by atoms with Crippen LogP contribution in [0.2, 0.25) is 0 Å². The van der Waals surface area contributed by atoms with Gasteiger partial charge in [0.2, 0.25) is 0 Å². The number of ether oxygens (including phenoxy) is 4. The Labute approximate surface area is 155 Å². The van der Waals surface area contributed by atoms with E-state index in [9.17, 15) is 29.2 Å². The van der Waals surface area contributed by atoms with E-state index in [1.54, 1.807) is 0 Å². The maximum absolute atomic E-state index is 12.0. The number of rotatable bonds is 7. The lowest BCUT2D eigenvalue weighted by atomic mass is 10.0. The molecule has 1 heterocycles. The summed E-state index contributed by atoms with van der Waals surface area (Å²) >= 11 is 0. The summed E-state index contributed by atoms with van der Waals surface area (Å²) in [5, 5.41) is 11.0. The largest absolute Gasteiger partial charge is 0.462 e. The summed E-state index contributed by atoms with van der Waals surface area (Å²) < 4.78 is 20.2. The van der Waals surface area contributed by atoms with E-state index >= 15 is 0 Å². The third-order valence-electron chi connectivity index (χ3n) is 3.73. The van der Waals surface area contributed by atoms with Gasteiger partial charge in [-0.3, -0.25) is 24.0 Å². The molecule has 1 fully saturated rings. The van der Waals surface area contributed by atoms with E-state index in [-0.39, 0.29) is 0 Å². The number of carbonyl (C=O) groups is 5. The van der Waals surface area contributed by atoms with Crippen LogP contribution in [0, 0.1) is 0 Å². The second-order valence-corrected chi connectivity index (χ2v) is 6.02. The molecule has 1 N–H and O–H groups in total. The van der Waals surface area contributed by atoms with E-state index in [2.05, 4.69) is 0 Å². The second kappa shape index (κ2) is 9.42. The van der Waals surface area contributed by atoms with Crippen molar-refractivity contribution in [2.45, 2.75) is 65.0 Å². The lowest BCUT2D eigenvalue weighted by molar-refractivity contribution is -0.197. The number of hydrogen-bond acceptors (Lipinski definition) is 11. The molecule has 1 aliphatic heterocycles. The summed E-state index contributed by atoms with van der Waals surface area (Å²) in [5.41, 5.74) is 0. The molecule has 0 bridgehead atoms. The van der Waals surface area contributed by atoms with Gasteiger partial charge < -0.3 is 24.2 Å². The smallest absolute Gasteiger partial charge is 0.303 e. The summed E-state index contributed by atoms with van der Waals surface area (Å²) in [6.07, 6.45) is -4.01. The van der Waals surface area contributed by atoms with Crippen LogP contribution in [0.3, 0.4) is 0 Å². The van der Waals surface area contributed by atoms with Gasteiger partial charge in [0.05, 0.1) is 0 Å². The van der Waals surface area contributed by atoms with Crippen LogP contribution in [0.1, 0.15) is 34.6 Å². The van der Waals surface area contributed by atoms with E-state index in [1.807, 2.05) is 0 Å². The van der Waals surface area contributed by atoms with Crippen LogP contribution in [-0.4, -0.2) is 76.9 Å². The third-order valence-corrected chi connectivity index (χ3v) is 3.73. The molecule has 27 heavy (non-hydrogen) atoms. The maximum Gasteiger partial charge on any atom is 0.303 e. The molecule has 0 spiro atoms. The summed E-state index contributed by atoms with van der Waals surface area (Å²) in [6.45, 7) is 5.04. The molecule has 1 saturated heterocycles. The lowest BCUT2D eigenvalue weighted by Gasteiger charge is -2.30. The zero-order valence-corrected chi connectivity index (χ0v) is 15.7. The minimum atomic E-state index is -1.38. The Bertz CT molecular complexity index is 618. The number of nitrogens with zero attached hydrogens (tertiary/aromatic N) is 1. The van der Waals surface area contributed by atoms with Crippen molar-refractivity contribution in [1.29, 1.82) is 0 Å². The van der Waals surface area contributed by atoms with Gasteiger partial charge in [-0.15, -0.1) is 0 Å². The van der Waals surface area contributed by atoms with Gasteiger partial charge >= 0.3 is 23.9 Å². The van der Waals surface area contributed by atoms with Crippen LogP contribution in [0.4, 0.5) is 0 Å². The number of ketones is 1. The van der Waals surface area contributed by atoms with Crippen molar-refractivity contribution in [3.63, 3.8) is 0 Å². The Morgan fingerprint density at radius 3 is 1.78 bits per heavy atom. The molecule has 1 aliphatic rings. The molecule has 0 amide bonds. The molecule has 0 aromatic heterocycles. The number of hydroxylamine groups is 2. The Morgan fingerprint density at radius 1 is 0.852 bits per heavy atom. The molecule has 11 nitrogen and oxygen atoms in total. The van der Waals surface area contributed by atoms with Crippen molar-refractivity contribution in [2.75, 3.05) is 6.61 Å². The van der Waals surface area contributed by atoms with Gasteiger partial charge in [0.15, 0.2) is 24.1 Å². The van der Waals surface area contributed by atoms with Crippen LogP contribution in [0.5, 0.6) is 0 Å². The van der Waals surface area contributed by atoms with E-state index < -0.39 is 66.7 Å². The van der Waals surface area contributed by atoms with E-state index in [1.165, 1.54) is 0 Å². The summed E-state index contributed by atoms with van der Waals surface area (Å²) in [7, 11) is 0. The highest BCUT2D eigenvalue weighted by molar-refractivity contribution is 5.83. The van der Waals surface area contributed by atoms with Gasteiger partial charge in [-0.05, 0) is 6.92 Å². The van der Waals surface area contributed by atoms with Gasteiger partial charge in [-0.2, -0.15) is 5.06 Å². The quantitative estimate of drug-likeness (QED) is 0.439. The predicted molar refractivity (Wildman–Crippen MR) is 85.2 cm³/mol. The first-order chi connectivity index (χ1) is 12.5. The number of carbonyl (C=O) groups excluding carboxylic acids is 5. The fourth-order valence-electron chi connectivity index (χ4n) is 2.93. The minimum absolute atomic E-state index is 0.480. The van der Waals surface area contributed by atoms with E-state index in [4.69, 9.17) is 18.9 Å². The van der Waals surface area contributed by atoms with Gasteiger partial charge in [-0.1, -0.05) is 0 Å². The van der Waals surface area contributed by atoms with Crippen molar-refractivity contribution in [3.8, 4) is 0 Å². The van der Waals surface area contributed by atoms with Gasteiger partial charge in [0.1, 0.15) is 18.7 Å². The van der Waals surface area contributed by atoms with Gasteiger partial charge in [-0.25, -0.2) is 0 Å². The first kappa shape index (κ1) is 22.5. The van der Waals surface area contributed by atoms with Crippen molar-refractivity contribution in [3.05, 3.63) is 0 Å². The van der Waals surface area contributed by atoms with Crippen LogP contribution in [-0.2, 0) is 42.9 Å². The molecule has 1 unspecified atom stereocenters. The third kappa shape index (κ3) is 6.00. The maximum atomic E-state index is 12.0. The fraction of sp³-hybridized carbons (Fsp3) is 0.688. The number of esters is 4. The van der Waals surface area contributed by atoms with Crippen LogP contribution < -0.4 is 0 Å². The zero-order chi connectivity index (χ0) is 20.9. The molecule has 0 aliphatic carbocycles. The summed E-state index contributed by atoms with van der Waals surface area (Å²) in [5.74, 6) is -3.59. The van der Waals surface area contributed by atoms with Crippen molar-refractivity contribution < 1.29 is 48.1 Å². The standard InChI is InChI=1S/C16H23NO10/c1-7(18)13-15(26-10(4)21)16(27-11(5)22)14(17(13)23)12(25-9(3)20)6-24-8(2)19/h12-16,23H,6H2,1-5H3/t12?,13-,14+,15-,16-/m0/s1. The zero-order valence-electron chi connectivity index (χ0n) is 15.7. The Morgan fingerprint density at radius 2 is 1.37 bits per heavy atom. The predicted octanol–water partition coefficient (Wildman–Crippen LogP) is -0.624. The van der Waals surface area contributed by atoms with Gasteiger partial charge in [0.25, 0.3) is 0 Å². The Kier molecular flexibility index (Phi) is 7.85. The molecular formula is C16H23NO10. The highest BCUT2D eigenvalue weighted by atomic mass is 16.6. The molecule has 0 saturated carbocycles. The molecular weight excluding hydrogens is 366 g/mol. The highest BCUT2D eigenvalue weighted by Crippen LogP contribution is 2.32. The van der Waals surface area contributed by atoms with Crippen LogP contribution in [0.25, 0.3) is 0 Å². The van der Waals surface area contributed by atoms with Crippen molar-refractivity contribution in [1.82, 2.24) is 5.06 Å². The van der Waals surface area contributed by atoms with Crippen molar-refractivity contribution in [2.24, 2.45) is 0 Å². The normalized spacial score (nSPS) is 26.0. The molecule has 0 aromatic rings. The Hall–Kier alpha value is -2.53. The van der Waals surface area contributed by atoms with Crippen molar-refractivity contribution >= 4 is 29.7 Å². The molecule has 11 heteroatoms. The number of Topliss-reactive ketones (excluding diaryl/α,β-unsaturated/α-hetero) is 1. The molecule has 152 valence electrons.